The Morgan fingerprint density at radius 1 is 1.00 bits per heavy atom. The summed E-state index contributed by atoms with van der Waals surface area (Å²) in [6, 6.07) is 18.0. The molecule has 0 saturated heterocycles. The fraction of sp³-hybridized carbons (Fsp3) is 0.273. The van der Waals surface area contributed by atoms with Crippen molar-refractivity contribution < 1.29 is 14.3 Å². The molecule has 2 amide bonds. The van der Waals surface area contributed by atoms with Gasteiger partial charge >= 0.3 is 6.09 Å². The van der Waals surface area contributed by atoms with Gasteiger partial charge in [0.05, 0.1) is 6.04 Å². The molecule has 1 aliphatic rings. The minimum absolute atomic E-state index is 0.320. The monoisotopic (exact) mass is 349 g/mol. The van der Waals surface area contributed by atoms with Crippen LogP contribution < -0.4 is 0 Å². The topological polar surface area (TPSA) is 46.6 Å². The molecule has 0 saturated carbocycles. The van der Waals surface area contributed by atoms with Crippen LogP contribution in [0.3, 0.4) is 0 Å². The van der Waals surface area contributed by atoms with Gasteiger partial charge in [0.25, 0.3) is 5.91 Å². The van der Waals surface area contributed by atoms with Gasteiger partial charge in [-0.25, -0.2) is 9.69 Å². The van der Waals surface area contributed by atoms with E-state index >= 15 is 0 Å². The van der Waals surface area contributed by atoms with Crippen LogP contribution in [0.25, 0.3) is 11.1 Å². The maximum Gasteiger partial charge on any atom is 0.417 e. The molecule has 0 aliphatic carbocycles. The quantitative estimate of drug-likeness (QED) is 0.814. The van der Waals surface area contributed by atoms with Crippen LogP contribution in [0.1, 0.15) is 26.3 Å². The van der Waals surface area contributed by atoms with Crippen LogP contribution in [0, 0.1) is 0 Å². The number of carbonyl (C=O) groups excluding carboxylic acids is 2. The van der Waals surface area contributed by atoms with Crippen molar-refractivity contribution in [2.45, 2.75) is 38.8 Å². The fourth-order valence-corrected chi connectivity index (χ4v) is 2.92. The molecule has 134 valence electrons. The van der Waals surface area contributed by atoms with E-state index in [9.17, 15) is 9.59 Å². The summed E-state index contributed by atoms with van der Waals surface area (Å²) in [5.41, 5.74) is 2.71. The van der Waals surface area contributed by atoms with Crippen LogP contribution in [0.15, 0.2) is 66.7 Å². The molecule has 1 aliphatic heterocycles. The average Bonchev–Trinajstić information content (AvgIpc) is 2.95. The standard InChI is InChI=1S/C22H23NO3/c1-22(2,3)26-21(25)23-19(13-14-20(23)24)15-16-9-11-18(12-10-16)17-7-5-4-6-8-17/h4-14,19H,15H2,1-3H3/t19-/m1/s1. The SMILES string of the molecule is CC(C)(C)OC(=O)N1C(=O)C=C[C@@H]1Cc1ccc(-c2ccccc2)cc1. The van der Waals surface area contributed by atoms with Gasteiger partial charge in [0, 0.05) is 6.08 Å². The number of ether oxygens (including phenoxy) is 1. The number of nitrogens with zero attached hydrogens (tertiary/aromatic N) is 1. The maximum absolute atomic E-state index is 12.4. The molecule has 0 bridgehead atoms. The summed E-state index contributed by atoms with van der Waals surface area (Å²) in [7, 11) is 0. The van der Waals surface area contributed by atoms with Crippen molar-refractivity contribution in [1.29, 1.82) is 0 Å². The average molecular weight is 349 g/mol. The predicted octanol–water partition coefficient (Wildman–Crippen LogP) is 4.60. The smallest absolute Gasteiger partial charge is 0.417 e. The Kier molecular flexibility index (Phi) is 4.94. The molecule has 0 aromatic heterocycles. The second-order valence-corrected chi connectivity index (χ2v) is 7.38. The molecule has 0 N–H and O–H groups in total. The number of imide groups is 1. The van der Waals surface area contributed by atoms with Crippen molar-refractivity contribution in [3.63, 3.8) is 0 Å². The molecule has 4 heteroatoms. The summed E-state index contributed by atoms with van der Waals surface area (Å²) in [6.07, 6.45) is 3.17. The summed E-state index contributed by atoms with van der Waals surface area (Å²) >= 11 is 0. The third kappa shape index (κ3) is 4.20. The number of amides is 2. The third-order valence-corrected chi connectivity index (χ3v) is 4.13. The van der Waals surface area contributed by atoms with E-state index in [4.69, 9.17) is 4.74 Å². The first-order valence-electron chi connectivity index (χ1n) is 8.72. The van der Waals surface area contributed by atoms with Gasteiger partial charge in [0.15, 0.2) is 0 Å². The second kappa shape index (κ2) is 7.16. The molecule has 1 heterocycles. The molecular weight excluding hydrogens is 326 g/mol. The Hall–Kier alpha value is -2.88. The molecule has 3 rings (SSSR count). The molecule has 26 heavy (non-hydrogen) atoms. The van der Waals surface area contributed by atoms with E-state index in [0.717, 1.165) is 16.7 Å². The van der Waals surface area contributed by atoms with E-state index in [2.05, 4.69) is 24.3 Å². The van der Waals surface area contributed by atoms with Crippen molar-refractivity contribution >= 4 is 12.0 Å². The van der Waals surface area contributed by atoms with Crippen LogP contribution >= 0.6 is 0 Å². The Labute approximate surface area is 154 Å². The lowest BCUT2D eigenvalue weighted by molar-refractivity contribution is -0.125. The Bertz CT molecular complexity index is 817. The van der Waals surface area contributed by atoms with Gasteiger partial charge < -0.3 is 4.74 Å². The lowest BCUT2D eigenvalue weighted by atomic mass is 10.0. The summed E-state index contributed by atoms with van der Waals surface area (Å²) in [6.45, 7) is 5.36. The largest absolute Gasteiger partial charge is 0.443 e. The van der Waals surface area contributed by atoms with Crippen molar-refractivity contribution in [2.24, 2.45) is 0 Å². The number of carbonyl (C=O) groups is 2. The second-order valence-electron chi connectivity index (χ2n) is 7.38. The first-order valence-corrected chi connectivity index (χ1v) is 8.72. The predicted molar refractivity (Wildman–Crippen MR) is 102 cm³/mol. The van der Waals surface area contributed by atoms with Crippen LogP contribution in [0.4, 0.5) is 4.79 Å². The highest BCUT2D eigenvalue weighted by molar-refractivity contribution is 6.01. The van der Waals surface area contributed by atoms with Gasteiger partial charge in [-0.1, -0.05) is 60.7 Å². The number of hydrogen-bond donors (Lipinski definition) is 0. The normalized spacial score (nSPS) is 16.8. The lowest BCUT2D eigenvalue weighted by Crippen LogP contribution is -2.43. The van der Waals surface area contributed by atoms with Crippen LogP contribution in [-0.4, -0.2) is 28.5 Å². The van der Waals surface area contributed by atoms with Crippen molar-refractivity contribution in [2.75, 3.05) is 0 Å². The fourth-order valence-electron chi connectivity index (χ4n) is 2.92. The van der Waals surface area contributed by atoms with E-state index < -0.39 is 11.7 Å². The first kappa shape index (κ1) is 17.9. The highest BCUT2D eigenvalue weighted by Crippen LogP contribution is 2.23. The molecule has 0 spiro atoms. The molecule has 1 atom stereocenters. The zero-order valence-electron chi connectivity index (χ0n) is 15.3. The molecule has 2 aromatic rings. The minimum atomic E-state index is -0.637. The van der Waals surface area contributed by atoms with E-state index in [1.54, 1.807) is 26.8 Å². The summed E-state index contributed by atoms with van der Waals surface area (Å²) in [5.74, 6) is -0.329. The van der Waals surface area contributed by atoms with Crippen LogP contribution in [-0.2, 0) is 16.0 Å². The summed E-state index contributed by atoms with van der Waals surface area (Å²) in [4.78, 5) is 25.6. The maximum atomic E-state index is 12.4. The van der Waals surface area contributed by atoms with E-state index in [0.29, 0.717) is 6.42 Å². The van der Waals surface area contributed by atoms with Crippen LogP contribution in [0.5, 0.6) is 0 Å². The Morgan fingerprint density at radius 2 is 1.62 bits per heavy atom. The highest BCUT2D eigenvalue weighted by atomic mass is 16.6. The van der Waals surface area contributed by atoms with Gasteiger partial charge in [-0.2, -0.15) is 0 Å². The van der Waals surface area contributed by atoms with Crippen molar-refractivity contribution in [1.82, 2.24) is 4.90 Å². The Balaban J connectivity index is 1.72. The van der Waals surface area contributed by atoms with Gasteiger partial charge in [0.1, 0.15) is 5.60 Å². The van der Waals surface area contributed by atoms with E-state index in [1.165, 1.54) is 11.0 Å². The first-order chi connectivity index (χ1) is 12.3. The van der Waals surface area contributed by atoms with Crippen LogP contribution in [0.2, 0.25) is 0 Å². The van der Waals surface area contributed by atoms with Crippen molar-refractivity contribution in [3.8, 4) is 11.1 Å². The number of rotatable bonds is 3. The zero-order chi connectivity index (χ0) is 18.7. The molecule has 4 nitrogen and oxygen atoms in total. The Morgan fingerprint density at radius 3 is 2.23 bits per heavy atom. The number of hydrogen-bond acceptors (Lipinski definition) is 3. The van der Waals surface area contributed by atoms with Gasteiger partial charge in [-0.05, 0) is 43.9 Å². The van der Waals surface area contributed by atoms with Gasteiger partial charge in [0.2, 0.25) is 0 Å². The van der Waals surface area contributed by atoms with Gasteiger partial charge in [-0.15, -0.1) is 0 Å². The third-order valence-electron chi connectivity index (χ3n) is 4.13. The summed E-state index contributed by atoms with van der Waals surface area (Å²) in [5, 5.41) is 0. The molecule has 0 unspecified atom stereocenters. The highest BCUT2D eigenvalue weighted by Gasteiger charge is 2.34. The van der Waals surface area contributed by atoms with E-state index in [1.807, 2.05) is 30.3 Å². The molecule has 0 radical (unpaired) electrons. The summed E-state index contributed by atoms with van der Waals surface area (Å²) < 4.78 is 5.36. The number of benzene rings is 2. The van der Waals surface area contributed by atoms with Crippen molar-refractivity contribution in [3.05, 3.63) is 72.3 Å². The zero-order valence-corrected chi connectivity index (χ0v) is 15.3. The molecule has 0 fully saturated rings. The minimum Gasteiger partial charge on any atom is -0.443 e. The molecular formula is C22H23NO3. The van der Waals surface area contributed by atoms with Gasteiger partial charge in [-0.3, -0.25) is 4.79 Å². The lowest BCUT2D eigenvalue weighted by Gasteiger charge is -2.27. The molecule has 2 aromatic carbocycles. The van der Waals surface area contributed by atoms with E-state index in [-0.39, 0.29) is 11.9 Å².